The smallest absolute Gasteiger partial charge is 0.255 e. The minimum Gasteiger partial charge on any atom is -0.508 e. The maximum Gasteiger partial charge on any atom is 0.255 e. The maximum atomic E-state index is 13.6. The van der Waals surface area contributed by atoms with E-state index in [9.17, 15) is 9.90 Å². The highest BCUT2D eigenvalue weighted by atomic mass is 32.1. The van der Waals surface area contributed by atoms with Crippen LogP contribution in [0.15, 0.2) is 47.8 Å². The molecule has 4 heteroatoms. The molecule has 1 unspecified atom stereocenters. The first-order valence-corrected chi connectivity index (χ1v) is 10.8. The van der Waals surface area contributed by atoms with Gasteiger partial charge in [-0.25, -0.2) is 0 Å². The number of phenolic OH excluding ortho intramolecular Hbond substituents is 1. The fourth-order valence-electron chi connectivity index (χ4n) is 5.47. The molecule has 2 heterocycles. The van der Waals surface area contributed by atoms with Crippen molar-refractivity contribution in [2.45, 2.75) is 45.1 Å². The van der Waals surface area contributed by atoms with Crippen molar-refractivity contribution in [3.8, 4) is 5.75 Å². The Balaban J connectivity index is 1.61. The number of phenols is 1. The Morgan fingerprint density at radius 3 is 2.75 bits per heavy atom. The number of aromatic hydroxyl groups is 1. The molecule has 2 bridgehead atoms. The normalized spacial score (nSPS) is 25.5. The van der Waals surface area contributed by atoms with Crippen molar-refractivity contribution in [3.63, 3.8) is 0 Å². The topological polar surface area (TPSA) is 40.5 Å². The van der Waals surface area contributed by atoms with E-state index in [2.05, 4.69) is 37.8 Å². The number of likely N-dealkylation sites (tertiary alicyclic amines) is 1. The first-order chi connectivity index (χ1) is 13.3. The molecule has 28 heavy (non-hydrogen) atoms. The van der Waals surface area contributed by atoms with E-state index in [4.69, 9.17) is 0 Å². The van der Waals surface area contributed by atoms with Crippen molar-refractivity contribution in [1.82, 2.24) is 4.90 Å². The number of thiophene rings is 1. The number of fused-ring (bicyclic) bond motifs is 5. The lowest BCUT2D eigenvalue weighted by atomic mass is 9.51. The lowest BCUT2D eigenvalue weighted by molar-refractivity contribution is -0.0265. The second kappa shape index (κ2) is 5.84. The Morgan fingerprint density at radius 1 is 1.14 bits per heavy atom. The van der Waals surface area contributed by atoms with Gasteiger partial charge in [0.25, 0.3) is 5.91 Å². The standard InChI is InChI=1S/C24H25NO2S/c1-23(2)21-13-16-18(8-6-9-19(16)26)24(23,3)11-12-25(21)22(27)17-14-28-20-10-5-4-7-15(17)20/h4-10,14,21,26H,11-13H2,1-3H3/t21?,24-/m0/s1. The quantitative estimate of drug-likeness (QED) is 0.606. The Bertz CT molecular complexity index is 1100. The van der Waals surface area contributed by atoms with E-state index in [1.54, 1.807) is 17.4 Å². The summed E-state index contributed by atoms with van der Waals surface area (Å²) in [6.45, 7) is 7.63. The number of nitrogens with zero attached hydrogens (tertiary/aromatic N) is 1. The summed E-state index contributed by atoms with van der Waals surface area (Å²) in [6, 6.07) is 14.1. The van der Waals surface area contributed by atoms with Crippen molar-refractivity contribution in [1.29, 1.82) is 0 Å². The summed E-state index contributed by atoms with van der Waals surface area (Å²) in [6.07, 6.45) is 1.61. The third kappa shape index (κ3) is 2.18. The molecule has 0 spiro atoms. The fourth-order valence-corrected chi connectivity index (χ4v) is 6.40. The van der Waals surface area contributed by atoms with Crippen LogP contribution in [-0.4, -0.2) is 28.5 Å². The zero-order chi connectivity index (χ0) is 19.7. The number of benzene rings is 2. The molecule has 1 aromatic heterocycles. The van der Waals surface area contributed by atoms with Crippen molar-refractivity contribution in [3.05, 3.63) is 64.5 Å². The van der Waals surface area contributed by atoms with Gasteiger partial charge in [-0.1, -0.05) is 51.1 Å². The molecule has 3 aromatic rings. The van der Waals surface area contributed by atoms with Gasteiger partial charge < -0.3 is 10.0 Å². The summed E-state index contributed by atoms with van der Waals surface area (Å²) in [5.74, 6) is 0.482. The number of piperidine rings is 1. The van der Waals surface area contributed by atoms with E-state index in [1.165, 1.54) is 5.56 Å². The summed E-state index contributed by atoms with van der Waals surface area (Å²) >= 11 is 1.63. The SMILES string of the molecule is CC1(C)C2Cc3c(O)cccc3[C@]1(C)CCN2C(=O)c1csc2ccccc12. The number of hydrogen-bond donors (Lipinski definition) is 1. The second-order valence-electron chi connectivity index (χ2n) is 8.97. The van der Waals surface area contributed by atoms with Crippen molar-refractivity contribution in [2.75, 3.05) is 6.54 Å². The Hall–Kier alpha value is -2.33. The predicted octanol–water partition coefficient (Wildman–Crippen LogP) is 5.36. The van der Waals surface area contributed by atoms with E-state index >= 15 is 0 Å². The van der Waals surface area contributed by atoms with E-state index in [-0.39, 0.29) is 22.8 Å². The van der Waals surface area contributed by atoms with E-state index < -0.39 is 0 Å². The highest BCUT2D eigenvalue weighted by Crippen LogP contribution is 2.57. The molecular formula is C24H25NO2S. The minimum absolute atomic E-state index is 0.0581. The predicted molar refractivity (Wildman–Crippen MR) is 114 cm³/mol. The van der Waals surface area contributed by atoms with Crippen LogP contribution in [0, 0.1) is 5.41 Å². The van der Waals surface area contributed by atoms with E-state index in [0.717, 1.165) is 34.2 Å². The number of amides is 1. The zero-order valence-electron chi connectivity index (χ0n) is 16.5. The van der Waals surface area contributed by atoms with Crippen LogP contribution < -0.4 is 0 Å². The first-order valence-electron chi connectivity index (χ1n) is 9.93. The Morgan fingerprint density at radius 2 is 1.93 bits per heavy atom. The van der Waals surface area contributed by atoms with Gasteiger partial charge >= 0.3 is 0 Å². The van der Waals surface area contributed by atoms with Crippen molar-refractivity contribution >= 4 is 27.3 Å². The van der Waals surface area contributed by atoms with Gasteiger partial charge in [-0.05, 0) is 41.5 Å². The van der Waals surface area contributed by atoms with Crippen LogP contribution in [0.5, 0.6) is 5.75 Å². The summed E-state index contributed by atoms with van der Waals surface area (Å²) in [5.41, 5.74) is 2.94. The van der Waals surface area contributed by atoms with Crippen LogP contribution in [0.2, 0.25) is 0 Å². The third-order valence-electron chi connectivity index (χ3n) is 7.60. The van der Waals surface area contributed by atoms with Gasteiger partial charge in [-0.3, -0.25) is 4.79 Å². The lowest BCUT2D eigenvalue weighted by Crippen LogP contribution is -2.64. The highest BCUT2D eigenvalue weighted by Gasteiger charge is 2.57. The van der Waals surface area contributed by atoms with Gasteiger partial charge in [-0.2, -0.15) is 0 Å². The molecule has 1 N–H and O–H groups in total. The minimum atomic E-state index is -0.0759. The molecule has 2 aromatic carbocycles. The fraction of sp³-hybridized carbons (Fsp3) is 0.375. The molecule has 1 amide bonds. The third-order valence-corrected chi connectivity index (χ3v) is 8.56. The van der Waals surface area contributed by atoms with Crippen LogP contribution in [0.1, 0.15) is 48.7 Å². The van der Waals surface area contributed by atoms with Gasteiger partial charge in [0.1, 0.15) is 5.75 Å². The molecule has 1 aliphatic heterocycles. The second-order valence-corrected chi connectivity index (χ2v) is 9.88. The van der Waals surface area contributed by atoms with Crippen molar-refractivity contribution < 1.29 is 9.90 Å². The van der Waals surface area contributed by atoms with E-state index in [1.807, 2.05) is 29.6 Å². The van der Waals surface area contributed by atoms with Crippen LogP contribution in [0.4, 0.5) is 0 Å². The molecule has 1 aliphatic carbocycles. The van der Waals surface area contributed by atoms with Gasteiger partial charge in [0.05, 0.1) is 5.56 Å². The van der Waals surface area contributed by atoms with Crippen LogP contribution in [0.3, 0.4) is 0 Å². The molecule has 0 saturated carbocycles. The Kier molecular flexibility index (Phi) is 3.70. The monoisotopic (exact) mass is 391 g/mol. The zero-order valence-corrected chi connectivity index (χ0v) is 17.3. The number of hydrogen-bond acceptors (Lipinski definition) is 3. The lowest BCUT2D eigenvalue weighted by Gasteiger charge is -2.60. The summed E-state index contributed by atoms with van der Waals surface area (Å²) in [7, 11) is 0. The van der Waals surface area contributed by atoms with Crippen LogP contribution >= 0.6 is 11.3 Å². The first kappa shape index (κ1) is 17.7. The summed E-state index contributed by atoms with van der Waals surface area (Å²) < 4.78 is 1.15. The van der Waals surface area contributed by atoms with Crippen LogP contribution in [-0.2, 0) is 11.8 Å². The number of rotatable bonds is 1. The van der Waals surface area contributed by atoms with Gasteiger partial charge in [-0.15, -0.1) is 11.3 Å². The molecule has 1 fully saturated rings. The maximum absolute atomic E-state index is 13.6. The molecule has 2 aliphatic rings. The number of carbonyl (C=O) groups excluding carboxylic acids is 1. The number of carbonyl (C=O) groups is 1. The van der Waals surface area contributed by atoms with E-state index in [0.29, 0.717) is 12.2 Å². The Labute approximate surface area is 169 Å². The summed E-state index contributed by atoms with van der Waals surface area (Å²) in [5, 5.41) is 13.6. The molecule has 5 rings (SSSR count). The molecular weight excluding hydrogens is 366 g/mol. The highest BCUT2D eigenvalue weighted by molar-refractivity contribution is 7.17. The molecule has 1 saturated heterocycles. The van der Waals surface area contributed by atoms with Crippen molar-refractivity contribution in [2.24, 2.45) is 5.41 Å². The average Bonchev–Trinajstić information content (AvgIpc) is 3.09. The molecule has 3 nitrogen and oxygen atoms in total. The average molecular weight is 392 g/mol. The molecule has 2 atom stereocenters. The molecule has 144 valence electrons. The van der Waals surface area contributed by atoms with Gasteiger partial charge in [0, 0.05) is 33.5 Å². The molecule has 0 radical (unpaired) electrons. The van der Waals surface area contributed by atoms with Gasteiger partial charge in [0.15, 0.2) is 0 Å². The van der Waals surface area contributed by atoms with Gasteiger partial charge in [0.2, 0.25) is 0 Å². The summed E-state index contributed by atoms with van der Waals surface area (Å²) in [4.78, 5) is 15.7. The van der Waals surface area contributed by atoms with Crippen LogP contribution in [0.25, 0.3) is 10.1 Å². The largest absolute Gasteiger partial charge is 0.508 e.